The summed E-state index contributed by atoms with van der Waals surface area (Å²) in [4.78, 5) is 21.1. The molecule has 0 aromatic heterocycles. The Morgan fingerprint density at radius 1 is 1.47 bits per heavy atom. The van der Waals surface area contributed by atoms with E-state index >= 15 is 0 Å². The molecule has 7 heteroatoms. The molecule has 0 unspecified atom stereocenters. The van der Waals surface area contributed by atoms with Crippen molar-refractivity contribution in [1.82, 2.24) is 0 Å². The summed E-state index contributed by atoms with van der Waals surface area (Å²) in [6.07, 6.45) is 0. The van der Waals surface area contributed by atoms with Gasteiger partial charge in [-0.1, -0.05) is 0 Å². The molecule has 0 aliphatic carbocycles. The van der Waals surface area contributed by atoms with E-state index in [0.29, 0.717) is 0 Å². The number of rotatable bonds is 6. The van der Waals surface area contributed by atoms with Crippen molar-refractivity contribution in [3.63, 3.8) is 0 Å². The first-order valence-corrected chi connectivity index (χ1v) is 5.46. The lowest BCUT2D eigenvalue weighted by Gasteiger charge is -2.19. The van der Waals surface area contributed by atoms with E-state index in [1.807, 2.05) is 0 Å². The largest absolute Gasteiger partial charge is 0.492 e. The molecule has 0 heterocycles. The molecule has 1 rings (SSSR count). The van der Waals surface area contributed by atoms with Crippen molar-refractivity contribution in [2.45, 2.75) is 13.8 Å². The van der Waals surface area contributed by atoms with Gasteiger partial charge in [0.15, 0.2) is 5.75 Å². The van der Waals surface area contributed by atoms with E-state index in [4.69, 9.17) is 14.6 Å². The van der Waals surface area contributed by atoms with E-state index in [9.17, 15) is 14.9 Å². The number of nitrogens with zero attached hydrogens (tertiary/aromatic N) is 1. The number of nitro benzene ring substituents is 1. The Morgan fingerprint density at radius 3 is 2.58 bits per heavy atom. The number of carboxylic acid groups (broad SMARTS) is 1. The summed E-state index contributed by atoms with van der Waals surface area (Å²) in [7, 11) is 1.33. The Labute approximate surface area is 109 Å². The Morgan fingerprint density at radius 2 is 2.11 bits per heavy atom. The smallest absolute Gasteiger partial charge is 0.314 e. The van der Waals surface area contributed by atoms with Crippen LogP contribution in [0.2, 0.25) is 0 Å². The van der Waals surface area contributed by atoms with Crippen LogP contribution in [0.1, 0.15) is 13.8 Å². The molecule has 0 atom stereocenters. The Bertz CT molecular complexity index is 497. The average molecular weight is 269 g/mol. The predicted octanol–water partition coefficient (Wildman–Crippen LogP) is 2.09. The van der Waals surface area contributed by atoms with Crippen LogP contribution in [0, 0.1) is 15.5 Å². The third-order valence-electron chi connectivity index (χ3n) is 2.53. The van der Waals surface area contributed by atoms with Gasteiger partial charge in [0.05, 0.1) is 23.5 Å². The zero-order valence-electron chi connectivity index (χ0n) is 10.9. The summed E-state index contributed by atoms with van der Waals surface area (Å²) in [5, 5.41) is 19.8. The maximum atomic E-state index is 10.9. The molecule has 0 spiro atoms. The van der Waals surface area contributed by atoms with Crippen molar-refractivity contribution < 1.29 is 24.3 Å². The van der Waals surface area contributed by atoms with Gasteiger partial charge < -0.3 is 14.6 Å². The summed E-state index contributed by atoms with van der Waals surface area (Å²) < 4.78 is 10.1. The van der Waals surface area contributed by atoms with E-state index in [-0.39, 0.29) is 23.8 Å². The van der Waals surface area contributed by atoms with E-state index in [1.54, 1.807) is 0 Å². The highest BCUT2D eigenvalue weighted by Gasteiger charge is 2.28. The molecule has 1 aromatic carbocycles. The quantitative estimate of drug-likeness (QED) is 0.627. The number of carbonyl (C=O) groups is 1. The minimum absolute atomic E-state index is 0.0915. The molecule has 1 aromatic rings. The second-order valence-corrected chi connectivity index (χ2v) is 4.57. The first-order valence-electron chi connectivity index (χ1n) is 5.46. The van der Waals surface area contributed by atoms with Gasteiger partial charge in [0.25, 0.3) is 0 Å². The Kier molecular flexibility index (Phi) is 4.31. The van der Waals surface area contributed by atoms with Gasteiger partial charge in [-0.05, 0) is 26.0 Å². The van der Waals surface area contributed by atoms with Crippen LogP contribution >= 0.6 is 0 Å². The predicted molar refractivity (Wildman–Crippen MR) is 66.6 cm³/mol. The first kappa shape index (κ1) is 14.7. The summed E-state index contributed by atoms with van der Waals surface area (Å²) in [5.74, 6) is -0.660. The number of aliphatic carboxylic acids is 1. The lowest BCUT2D eigenvalue weighted by atomic mass is 9.95. The third kappa shape index (κ3) is 3.57. The number of methoxy groups -OCH3 is 1. The zero-order valence-corrected chi connectivity index (χ0v) is 10.9. The maximum Gasteiger partial charge on any atom is 0.314 e. The molecule has 1 N–H and O–H groups in total. The fourth-order valence-corrected chi connectivity index (χ4v) is 1.23. The minimum atomic E-state index is -1.07. The second kappa shape index (κ2) is 5.55. The molecule has 0 saturated heterocycles. The standard InChI is InChI=1S/C12H15NO6/c1-12(2,11(14)15)7-19-8-4-5-10(18-3)9(6-8)13(16)17/h4-6H,7H2,1-3H3,(H,14,15). The van der Waals surface area contributed by atoms with Crippen molar-refractivity contribution in [2.75, 3.05) is 13.7 Å². The van der Waals surface area contributed by atoms with E-state index < -0.39 is 16.3 Å². The molecular formula is C12H15NO6. The Balaban J connectivity index is 2.89. The molecule has 104 valence electrons. The van der Waals surface area contributed by atoms with Crippen LogP contribution in [-0.2, 0) is 4.79 Å². The van der Waals surface area contributed by atoms with Crippen LogP contribution in [0.15, 0.2) is 18.2 Å². The molecular weight excluding hydrogens is 254 g/mol. The molecule has 7 nitrogen and oxygen atoms in total. The molecule has 0 aliphatic rings. The Hall–Kier alpha value is -2.31. The van der Waals surface area contributed by atoms with Gasteiger partial charge in [-0.3, -0.25) is 14.9 Å². The van der Waals surface area contributed by atoms with Crippen molar-refractivity contribution in [1.29, 1.82) is 0 Å². The van der Waals surface area contributed by atoms with E-state index in [0.717, 1.165) is 0 Å². The number of nitro groups is 1. The van der Waals surface area contributed by atoms with Crippen molar-refractivity contribution in [3.8, 4) is 11.5 Å². The van der Waals surface area contributed by atoms with E-state index in [1.165, 1.54) is 39.2 Å². The zero-order chi connectivity index (χ0) is 14.6. The molecule has 0 fully saturated rings. The van der Waals surface area contributed by atoms with Gasteiger partial charge in [0.2, 0.25) is 0 Å². The second-order valence-electron chi connectivity index (χ2n) is 4.57. The molecule has 0 radical (unpaired) electrons. The molecule has 0 amide bonds. The van der Waals surface area contributed by atoms with Gasteiger partial charge in [-0.25, -0.2) is 0 Å². The fraction of sp³-hybridized carbons (Fsp3) is 0.417. The van der Waals surface area contributed by atoms with Crippen LogP contribution in [-0.4, -0.2) is 29.7 Å². The van der Waals surface area contributed by atoms with Gasteiger partial charge in [0, 0.05) is 0 Å². The number of hydrogen-bond acceptors (Lipinski definition) is 5. The summed E-state index contributed by atoms with van der Waals surface area (Å²) in [6, 6.07) is 4.10. The number of carboxylic acids is 1. The van der Waals surface area contributed by atoms with Crippen LogP contribution in [0.25, 0.3) is 0 Å². The topological polar surface area (TPSA) is 98.9 Å². The highest BCUT2D eigenvalue weighted by Crippen LogP contribution is 2.31. The molecule has 0 bridgehead atoms. The highest BCUT2D eigenvalue weighted by atomic mass is 16.6. The summed E-state index contributed by atoms with van der Waals surface area (Å²) >= 11 is 0. The van der Waals surface area contributed by atoms with Crippen molar-refractivity contribution in [2.24, 2.45) is 5.41 Å². The minimum Gasteiger partial charge on any atom is -0.492 e. The SMILES string of the molecule is COc1ccc(OCC(C)(C)C(=O)O)cc1[N+](=O)[O-]. The number of ether oxygens (including phenoxy) is 2. The normalized spacial score (nSPS) is 10.9. The van der Waals surface area contributed by atoms with E-state index in [2.05, 4.69) is 0 Å². The van der Waals surface area contributed by atoms with Crippen LogP contribution < -0.4 is 9.47 Å². The molecule has 19 heavy (non-hydrogen) atoms. The monoisotopic (exact) mass is 269 g/mol. The van der Waals surface area contributed by atoms with Crippen molar-refractivity contribution in [3.05, 3.63) is 28.3 Å². The third-order valence-corrected chi connectivity index (χ3v) is 2.53. The summed E-state index contributed by atoms with van der Waals surface area (Å²) in [6.45, 7) is 2.92. The van der Waals surface area contributed by atoms with Crippen LogP contribution in [0.4, 0.5) is 5.69 Å². The molecule has 0 saturated carbocycles. The fourth-order valence-electron chi connectivity index (χ4n) is 1.23. The van der Waals surface area contributed by atoms with Gasteiger partial charge in [0.1, 0.15) is 12.4 Å². The first-order chi connectivity index (χ1) is 8.77. The van der Waals surface area contributed by atoms with Gasteiger partial charge in [-0.15, -0.1) is 0 Å². The number of benzene rings is 1. The highest BCUT2D eigenvalue weighted by molar-refractivity contribution is 5.73. The lowest BCUT2D eigenvalue weighted by molar-refractivity contribution is -0.385. The summed E-state index contributed by atoms with van der Waals surface area (Å²) in [5.41, 5.74) is -1.30. The molecule has 0 aliphatic heterocycles. The average Bonchev–Trinajstić information content (AvgIpc) is 2.35. The van der Waals surface area contributed by atoms with Crippen molar-refractivity contribution >= 4 is 11.7 Å². The number of hydrogen-bond donors (Lipinski definition) is 1. The van der Waals surface area contributed by atoms with Crippen LogP contribution in [0.3, 0.4) is 0 Å². The van der Waals surface area contributed by atoms with Crippen LogP contribution in [0.5, 0.6) is 11.5 Å². The van der Waals surface area contributed by atoms with Gasteiger partial charge in [-0.2, -0.15) is 0 Å². The van der Waals surface area contributed by atoms with Gasteiger partial charge >= 0.3 is 11.7 Å². The lowest BCUT2D eigenvalue weighted by Crippen LogP contribution is -2.30. The maximum absolute atomic E-state index is 10.9.